The van der Waals surface area contributed by atoms with E-state index in [1.807, 2.05) is 29.8 Å². The van der Waals surface area contributed by atoms with Crippen molar-refractivity contribution in [2.24, 2.45) is 10.9 Å². The van der Waals surface area contributed by atoms with E-state index in [9.17, 15) is 0 Å². The molecule has 0 radical (unpaired) electrons. The van der Waals surface area contributed by atoms with E-state index in [4.69, 9.17) is 4.99 Å². The molecule has 0 aliphatic carbocycles. The molecule has 3 heterocycles. The second-order valence-corrected chi connectivity index (χ2v) is 8.80. The minimum absolute atomic E-state index is 0.545. The van der Waals surface area contributed by atoms with E-state index in [-0.39, 0.29) is 0 Å². The average molecular weight is 430 g/mol. The number of rotatable bonds is 10. The van der Waals surface area contributed by atoms with E-state index in [1.54, 1.807) is 0 Å². The number of thiophene rings is 1. The summed E-state index contributed by atoms with van der Waals surface area (Å²) < 4.78 is 0. The van der Waals surface area contributed by atoms with Crippen molar-refractivity contribution in [1.82, 2.24) is 25.5 Å². The van der Waals surface area contributed by atoms with Gasteiger partial charge in [-0.05, 0) is 49.7 Å². The Kier molecular flexibility index (Phi) is 9.37. The number of piperazine rings is 1. The summed E-state index contributed by atoms with van der Waals surface area (Å²) in [6.45, 7) is 12.3. The molecule has 7 nitrogen and oxygen atoms in total. The van der Waals surface area contributed by atoms with Crippen LogP contribution in [0.3, 0.4) is 0 Å². The zero-order chi connectivity index (χ0) is 21.0. The first kappa shape index (κ1) is 22.5. The van der Waals surface area contributed by atoms with Gasteiger partial charge in [0, 0.05) is 63.1 Å². The van der Waals surface area contributed by atoms with Gasteiger partial charge < -0.3 is 15.5 Å². The smallest absolute Gasteiger partial charge is 0.225 e. The van der Waals surface area contributed by atoms with Gasteiger partial charge in [-0.15, -0.1) is 11.3 Å². The number of hydrogen-bond donors (Lipinski definition) is 2. The zero-order valence-corrected chi connectivity index (χ0v) is 19.1. The molecule has 2 aromatic heterocycles. The molecule has 1 fully saturated rings. The number of nitrogens with zero attached hydrogens (tertiary/aromatic N) is 5. The van der Waals surface area contributed by atoms with E-state index in [2.05, 4.69) is 61.8 Å². The maximum Gasteiger partial charge on any atom is 0.225 e. The maximum atomic E-state index is 4.79. The van der Waals surface area contributed by atoms with Crippen molar-refractivity contribution in [3.05, 3.63) is 40.8 Å². The fourth-order valence-corrected chi connectivity index (χ4v) is 4.43. The topological polar surface area (TPSA) is 68.7 Å². The van der Waals surface area contributed by atoms with Crippen LogP contribution in [0.1, 0.15) is 25.1 Å². The van der Waals surface area contributed by atoms with E-state index in [0.717, 1.165) is 77.1 Å². The molecule has 1 saturated heterocycles. The lowest BCUT2D eigenvalue weighted by Crippen LogP contribution is -2.47. The van der Waals surface area contributed by atoms with Gasteiger partial charge in [0.15, 0.2) is 5.96 Å². The highest BCUT2D eigenvalue weighted by Crippen LogP contribution is 2.14. The Morgan fingerprint density at radius 1 is 1.17 bits per heavy atom. The summed E-state index contributed by atoms with van der Waals surface area (Å²) in [6, 6.07) is 6.19. The zero-order valence-electron chi connectivity index (χ0n) is 18.3. The molecule has 0 spiro atoms. The monoisotopic (exact) mass is 429 g/mol. The van der Waals surface area contributed by atoms with Gasteiger partial charge in [0.05, 0.1) is 0 Å². The van der Waals surface area contributed by atoms with E-state index < -0.39 is 0 Å². The summed E-state index contributed by atoms with van der Waals surface area (Å²) in [6.07, 6.45) is 5.83. The number of hydrogen-bond acceptors (Lipinski definition) is 6. The van der Waals surface area contributed by atoms with E-state index >= 15 is 0 Å². The molecule has 2 N–H and O–H groups in total. The Morgan fingerprint density at radius 2 is 1.97 bits per heavy atom. The largest absolute Gasteiger partial charge is 0.357 e. The Morgan fingerprint density at radius 3 is 2.67 bits per heavy atom. The number of aliphatic imine (C=N–C) groups is 1. The molecule has 0 saturated carbocycles. The summed E-state index contributed by atoms with van der Waals surface area (Å²) in [7, 11) is 0. The third kappa shape index (κ3) is 7.57. The third-order valence-electron chi connectivity index (χ3n) is 5.19. The Hall–Kier alpha value is -2.19. The first-order valence-electron chi connectivity index (χ1n) is 11.0. The molecule has 0 bridgehead atoms. The second kappa shape index (κ2) is 12.5. The minimum atomic E-state index is 0.545. The summed E-state index contributed by atoms with van der Waals surface area (Å²) in [5.41, 5.74) is 0. The van der Waals surface area contributed by atoms with Crippen molar-refractivity contribution in [3.63, 3.8) is 0 Å². The lowest BCUT2D eigenvalue weighted by atomic mass is 10.1. The van der Waals surface area contributed by atoms with Crippen molar-refractivity contribution in [2.75, 3.05) is 57.3 Å². The Labute approximate surface area is 184 Å². The molecule has 0 amide bonds. The molecule has 3 rings (SSSR count). The highest BCUT2D eigenvalue weighted by molar-refractivity contribution is 7.09. The van der Waals surface area contributed by atoms with Crippen molar-refractivity contribution < 1.29 is 0 Å². The van der Waals surface area contributed by atoms with Crippen LogP contribution in [-0.4, -0.2) is 73.2 Å². The normalized spacial score (nSPS) is 16.5. The van der Waals surface area contributed by atoms with Crippen molar-refractivity contribution >= 4 is 23.2 Å². The van der Waals surface area contributed by atoms with Gasteiger partial charge in [0.25, 0.3) is 0 Å². The summed E-state index contributed by atoms with van der Waals surface area (Å²) in [5, 5.41) is 9.01. The fourth-order valence-electron chi connectivity index (χ4n) is 3.56. The predicted octanol–water partition coefficient (Wildman–Crippen LogP) is 2.48. The molecule has 1 aliphatic heterocycles. The lowest BCUT2D eigenvalue weighted by Gasteiger charge is -2.34. The number of aromatic nitrogens is 2. The number of nitrogens with one attached hydrogen (secondary N) is 2. The van der Waals surface area contributed by atoms with Crippen LogP contribution in [0.5, 0.6) is 0 Å². The minimum Gasteiger partial charge on any atom is -0.357 e. The van der Waals surface area contributed by atoms with Crippen LogP contribution in [0.15, 0.2) is 41.0 Å². The average Bonchev–Trinajstić information content (AvgIpc) is 3.29. The molecule has 8 heteroatoms. The molecular weight excluding hydrogens is 394 g/mol. The summed E-state index contributed by atoms with van der Waals surface area (Å²) in [5.74, 6) is 2.32. The molecule has 0 aromatic carbocycles. The second-order valence-electron chi connectivity index (χ2n) is 7.77. The van der Waals surface area contributed by atoms with Crippen molar-refractivity contribution in [3.8, 4) is 0 Å². The Bertz CT molecular complexity index is 727. The molecule has 164 valence electrons. The summed E-state index contributed by atoms with van der Waals surface area (Å²) >= 11 is 1.83. The fraction of sp³-hybridized carbons (Fsp3) is 0.591. The van der Waals surface area contributed by atoms with Gasteiger partial charge >= 0.3 is 0 Å². The first-order chi connectivity index (χ1) is 14.7. The molecule has 30 heavy (non-hydrogen) atoms. The van der Waals surface area contributed by atoms with Crippen LogP contribution in [0, 0.1) is 5.92 Å². The van der Waals surface area contributed by atoms with Gasteiger partial charge in [-0.1, -0.05) is 13.0 Å². The van der Waals surface area contributed by atoms with Crippen molar-refractivity contribution in [1.29, 1.82) is 0 Å². The van der Waals surface area contributed by atoms with Crippen LogP contribution in [0.2, 0.25) is 0 Å². The molecule has 2 aromatic rings. The quantitative estimate of drug-likeness (QED) is 0.344. The molecule has 1 unspecified atom stereocenters. The van der Waals surface area contributed by atoms with Crippen LogP contribution in [0.25, 0.3) is 0 Å². The SMILES string of the molecule is CCNC(=NCC(C)Cc1cccs1)NCCCN1CCN(c2ncccn2)CC1. The molecule has 1 aliphatic rings. The summed E-state index contributed by atoms with van der Waals surface area (Å²) in [4.78, 5) is 19.7. The van der Waals surface area contributed by atoms with Gasteiger partial charge in [-0.25, -0.2) is 9.97 Å². The number of guanidine groups is 1. The number of anilines is 1. The molecular formula is C22H35N7S. The third-order valence-corrected chi connectivity index (χ3v) is 6.08. The van der Waals surface area contributed by atoms with Crippen LogP contribution in [0.4, 0.5) is 5.95 Å². The van der Waals surface area contributed by atoms with Crippen LogP contribution >= 0.6 is 11.3 Å². The van der Waals surface area contributed by atoms with Crippen LogP contribution in [-0.2, 0) is 6.42 Å². The van der Waals surface area contributed by atoms with E-state index in [1.165, 1.54) is 4.88 Å². The first-order valence-corrected chi connectivity index (χ1v) is 11.9. The van der Waals surface area contributed by atoms with Gasteiger partial charge in [-0.3, -0.25) is 9.89 Å². The lowest BCUT2D eigenvalue weighted by molar-refractivity contribution is 0.254. The van der Waals surface area contributed by atoms with Gasteiger partial charge in [0.1, 0.15) is 0 Å². The van der Waals surface area contributed by atoms with Crippen molar-refractivity contribution in [2.45, 2.75) is 26.7 Å². The maximum absolute atomic E-state index is 4.79. The predicted molar refractivity (Wildman–Crippen MR) is 126 cm³/mol. The van der Waals surface area contributed by atoms with Gasteiger partial charge in [0.2, 0.25) is 5.95 Å². The molecule has 1 atom stereocenters. The Balaban J connectivity index is 1.32. The van der Waals surface area contributed by atoms with E-state index in [0.29, 0.717) is 5.92 Å². The van der Waals surface area contributed by atoms with Crippen LogP contribution < -0.4 is 15.5 Å². The highest BCUT2D eigenvalue weighted by atomic mass is 32.1. The highest BCUT2D eigenvalue weighted by Gasteiger charge is 2.18. The standard InChI is InChI=1S/C22H35N7S/c1-3-23-21(27-18-19(2)17-20-7-4-16-30-20)24-10-6-11-28-12-14-29(15-13-28)22-25-8-5-9-26-22/h4-5,7-9,16,19H,3,6,10-15,17-18H2,1-2H3,(H2,23,24,27). The van der Waals surface area contributed by atoms with Gasteiger partial charge in [-0.2, -0.15) is 0 Å².